The third-order valence-electron chi connectivity index (χ3n) is 2.39. The van der Waals surface area contributed by atoms with E-state index in [4.69, 9.17) is 0 Å². The molecule has 2 nitrogen and oxygen atoms in total. The van der Waals surface area contributed by atoms with E-state index >= 15 is 0 Å². The van der Waals surface area contributed by atoms with E-state index in [-0.39, 0.29) is 0 Å². The van der Waals surface area contributed by atoms with Gasteiger partial charge in [-0.25, -0.2) is 0 Å². The second-order valence-corrected chi connectivity index (χ2v) is 4.48. The number of hydrogen-bond donors (Lipinski definition) is 1. The Morgan fingerprint density at radius 2 is 2.13 bits per heavy atom. The molecular weight excluding hydrogens is 184 g/mol. The van der Waals surface area contributed by atoms with Crippen molar-refractivity contribution in [2.45, 2.75) is 40.2 Å². The number of aryl methyl sites for hydroxylation is 1. The minimum Gasteiger partial charge on any atom is -0.311 e. The Balaban J connectivity index is 2.15. The van der Waals surface area contributed by atoms with Crippen LogP contribution >= 0.6 is 0 Å². The van der Waals surface area contributed by atoms with E-state index in [1.54, 1.807) is 0 Å². The topological polar surface area (TPSA) is 24.9 Å². The van der Waals surface area contributed by atoms with Gasteiger partial charge in [-0.05, 0) is 44.4 Å². The molecule has 1 rings (SSSR count). The largest absolute Gasteiger partial charge is 0.311 e. The van der Waals surface area contributed by atoms with E-state index in [2.05, 4.69) is 36.3 Å². The molecule has 0 saturated heterocycles. The van der Waals surface area contributed by atoms with E-state index in [1.165, 1.54) is 12.8 Å². The molecule has 0 spiro atoms. The summed E-state index contributed by atoms with van der Waals surface area (Å²) in [5.41, 5.74) is 2.23. The molecule has 0 aliphatic rings. The van der Waals surface area contributed by atoms with Crippen molar-refractivity contribution in [3.63, 3.8) is 0 Å². The molecule has 15 heavy (non-hydrogen) atoms. The maximum atomic E-state index is 4.44. The van der Waals surface area contributed by atoms with Crippen molar-refractivity contribution in [2.75, 3.05) is 6.54 Å². The molecular formula is C13H22N2. The number of aromatic nitrogens is 1. The van der Waals surface area contributed by atoms with Gasteiger partial charge in [0.1, 0.15) is 0 Å². The molecule has 0 unspecified atom stereocenters. The molecule has 0 fully saturated rings. The van der Waals surface area contributed by atoms with Gasteiger partial charge in [0.2, 0.25) is 0 Å². The van der Waals surface area contributed by atoms with Gasteiger partial charge in [0.15, 0.2) is 0 Å². The van der Waals surface area contributed by atoms with Crippen LogP contribution in [0.2, 0.25) is 0 Å². The third-order valence-corrected chi connectivity index (χ3v) is 2.39. The van der Waals surface area contributed by atoms with E-state index in [9.17, 15) is 0 Å². The zero-order valence-electron chi connectivity index (χ0n) is 10.1. The van der Waals surface area contributed by atoms with Crippen LogP contribution in [0.1, 0.15) is 38.1 Å². The smallest absolute Gasteiger partial charge is 0.0544 e. The van der Waals surface area contributed by atoms with Crippen molar-refractivity contribution >= 4 is 0 Å². The van der Waals surface area contributed by atoms with Crippen molar-refractivity contribution in [3.05, 3.63) is 29.6 Å². The van der Waals surface area contributed by atoms with Gasteiger partial charge in [-0.2, -0.15) is 0 Å². The van der Waals surface area contributed by atoms with Gasteiger partial charge in [0.25, 0.3) is 0 Å². The van der Waals surface area contributed by atoms with Crippen LogP contribution in [-0.2, 0) is 6.54 Å². The third kappa shape index (κ3) is 5.53. The van der Waals surface area contributed by atoms with Crippen molar-refractivity contribution in [1.82, 2.24) is 10.3 Å². The summed E-state index contributed by atoms with van der Waals surface area (Å²) in [5, 5.41) is 3.42. The predicted molar refractivity (Wildman–Crippen MR) is 64.8 cm³/mol. The molecule has 84 valence electrons. The highest BCUT2D eigenvalue weighted by atomic mass is 14.9. The predicted octanol–water partition coefficient (Wildman–Crippen LogP) is 2.92. The normalized spacial score (nSPS) is 10.9. The molecule has 2 heteroatoms. The van der Waals surface area contributed by atoms with Crippen LogP contribution in [0.5, 0.6) is 0 Å². The summed E-state index contributed by atoms with van der Waals surface area (Å²) < 4.78 is 0. The fourth-order valence-corrected chi connectivity index (χ4v) is 1.55. The first-order valence-electron chi connectivity index (χ1n) is 5.81. The lowest BCUT2D eigenvalue weighted by molar-refractivity contribution is 0.526. The van der Waals surface area contributed by atoms with Crippen LogP contribution in [0.3, 0.4) is 0 Å². The zero-order chi connectivity index (χ0) is 11.1. The lowest BCUT2D eigenvalue weighted by Crippen LogP contribution is -2.16. The Morgan fingerprint density at radius 1 is 1.33 bits per heavy atom. The molecule has 1 N–H and O–H groups in total. The Bertz CT molecular complexity index is 282. The number of rotatable bonds is 6. The van der Waals surface area contributed by atoms with Crippen LogP contribution in [-0.4, -0.2) is 11.5 Å². The molecule has 0 saturated carbocycles. The van der Waals surface area contributed by atoms with E-state index in [0.717, 1.165) is 30.4 Å². The highest BCUT2D eigenvalue weighted by molar-refractivity contribution is 5.09. The zero-order valence-corrected chi connectivity index (χ0v) is 10.1. The maximum Gasteiger partial charge on any atom is 0.0544 e. The summed E-state index contributed by atoms with van der Waals surface area (Å²) in [7, 11) is 0. The molecule has 0 amide bonds. The molecule has 1 aromatic rings. The van der Waals surface area contributed by atoms with Crippen LogP contribution in [0.15, 0.2) is 18.2 Å². The van der Waals surface area contributed by atoms with Crippen molar-refractivity contribution in [3.8, 4) is 0 Å². The molecule has 0 radical (unpaired) electrons. The summed E-state index contributed by atoms with van der Waals surface area (Å²) in [6.07, 6.45) is 2.55. The van der Waals surface area contributed by atoms with Crippen molar-refractivity contribution < 1.29 is 0 Å². The van der Waals surface area contributed by atoms with Gasteiger partial charge in [0.05, 0.1) is 5.69 Å². The summed E-state index contributed by atoms with van der Waals surface area (Å²) in [6.45, 7) is 8.54. The lowest BCUT2D eigenvalue weighted by atomic mass is 10.1. The lowest BCUT2D eigenvalue weighted by Gasteiger charge is -2.06. The molecule has 0 aromatic carbocycles. The fourth-order valence-electron chi connectivity index (χ4n) is 1.55. The SMILES string of the molecule is Cc1cccc(CNCCCC(C)C)n1. The Kier molecular flexibility index (Phi) is 5.33. The molecule has 0 bridgehead atoms. The quantitative estimate of drug-likeness (QED) is 0.724. The maximum absolute atomic E-state index is 4.44. The minimum absolute atomic E-state index is 0.809. The summed E-state index contributed by atoms with van der Waals surface area (Å²) in [6, 6.07) is 6.16. The number of pyridine rings is 1. The summed E-state index contributed by atoms with van der Waals surface area (Å²) in [5.74, 6) is 0.809. The Labute approximate surface area is 93.1 Å². The van der Waals surface area contributed by atoms with Crippen LogP contribution in [0.4, 0.5) is 0 Å². The summed E-state index contributed by atoms with van der Waals surface area (Å²) >= 11 is 0. The Hall–Kier alpha value is -0.890. The monoisotopic (exact) mass is 206 g/mol. The molecule has 1 heterocycles. The second kappa shape index (κ2) is 6.57. The van der Waals surface area contributed by atoms with Gasteiger partial charge < -0.3 is 5.32 Å². The van der Waals surface area contributed by atoms with E-state index < -0.39 is 0 Å². The molecule has 0 aliphatic carbocycles. The van der Waals surface area contributed by atoms with Gasteiger partial charge >= 0.3 is 0 Å². The molecule has 0 atom stereocenters. The van der Waals surface area contributed by atoms with Crippen molar-refractivity contribution in [2.24, 2.45) is 5.92 Å². The van der Waals surface area contributed by atoms with E-state index in [1.807, 2.05) is 13.0 Å². The fraction of sp³-hybridized carbons (Fsp3) is 0.615. The van der Waals surface area contributed by atoms with Gasteiger partial charge in [-0.15, -0.1) is 0 Å². The standard InChI is InChI=1S/C13H22N2/c1-11(2)6-5-9-14-10-13-8-4-7-12(3)15-13/h4,7-8,11,14H,5-6,9-10H2,1-3H3. The number of nitrogens with one attached hydrogen (secondary N) is 1. The first-order chi connectivity index (χ1) is 7.18. The molecule has 0 aliphatic heterocycles. The van der Waals surface area contributed by atoms with Gasteiger partial charge in [0, 0.05) is 12.2 Å². The van der Waals surface area contributed by atoms with E-state index in [0.29, 0.717) is 0 Å². The molecule has 1 aromatic heterocycles. The van der Waals surface area contributed by atoms with Crippen LogP contribution < -0.4 is 5.32 Å². The Morgan fingerprint density at radius 3 is 2.80 bits per heavy atom. The first-order valence-corrected chi connectivity index (χ1v) is 5.81. The van der Waals surface area contributed by atoms with Gasteiger partial charge in [-0.3, -0.25) is 4.98 Å². The highest BCUT2D eigenvalue weighted by Crippen LogP contribution is 2.02. The second-order valence-electron chi connectivity index (χ2n) is 4.48. The average Bonchev–Trinajstić information content (AvgIpc) is 2.17. The highest BCUT2D eigenvalue weighted by Gasteiger charge is 1.96. The number of nitrogens with zero attached hydrogens (tertiary/aromatic N) is 1. The van der Waals surface area contributed by atoms with Crippen LogP contribution in [0, 0.1) is 12.8 Å². The first kappa shape index (κ1) is 12.2. The summed E-state index contributed by atoms with van der Waals surface area (Å²) in [4.78, 5) is 4.44. The average molecular weight is 206 g/mol. The number of hydrogen-bond acceptors (Lipinski definition) is 2. The van der Waals surface area contributed by atoms with Gasteiger partial charge in [-0.1, -0.05) is 19.9 Å². The van der Waals surface area contributed by atoms with Crippen LogP contribution in [0.25, 0.3) is 0 Å². The van der Waals surface area contributed by atoms with Crippen molar-refractivity contribution in [1.29, 1.82) is 0 Å². The minimum atomic E-state index is 0.809.